The molecular formula is C21H24ClN3O. The molecule has 3 rings (SSSR count). The number of amides is 1. The fraction of sp³-hybridized carbons (Fsp3) is 0.333. The van der Waals surface area contributed by atoms with Crippen molar-refractivity contribution in [1.29, 1.82) is 0 Å². The van der Waals surface area contributed by atoms with Crippen LogP contribution in [0.4, 0.5) is 0 Å². The largest absolute Gasteiger partial charge is 0.349 e. The van der Waals surface area contributed by atoms with Crippen LogP contribution < -0.4 is 5.32 Å². The van der Waals surface area contributed by atoms with Crippen molar-refractivity contribution in [1.82, 2.24) is 14.9 Å². The summed E-state index contributed by atoms with van der Waals surface area (Å²) in [7, 11) is 0. The van der Waals surface area contributed by atoms with Crippen LogP contribution in [0.2, 0.25) is 5.02 Å². The lowest BCUT2D eigenvalue weighted by atomic mass is 10.0. The SMILES string of the molecule is CCC(CC)C(=O)NCc1nc2ccccc2n1Cc1ccccc1Cl. The molecule has 0 aliphatic carbocycles. The number of hydrogen-bond acceptors (Lipinski definition) is 2. The Morgan fingerprint density at radius 1 is 1.12 bits per heavy atom. The fourth-order valence-electron chi connectivity index (χ4n) is 3.20. The molecule has 3 aromatic rings. The number of halogens is 1. The predicted molar refractivity (Wildman–Crippen MR) is 106 cm³/mol. The van der Waals surface area contributed by atoms with Crippen molar-refractivity contribution in [2.24, 2.45) is 5.92 Å². The van der Waals surface area contributed by atoms with Gasteiger partial charge in [-0.1, -0.05) is 55.8 Å². The Balaban J connectivity index is 1.90. The minimum Gasteiger partial charge on any atom is -0.349 e. The van der Waals surface area contributed by atoms with E-state index in [0.29, 0.717) is 13.1 Å². The summed E-state index contributed by atoms with van der Waals surface area (Å²) in [5.74, 6) is 0.980. The highest BCUT2D eigenvalue weighted by atomic mass is 35.5. The van der Waals surface area contributed by atoms with Gasteiger partial charge in [0.1, 0.15) is 5.82 Å². The standard InChI is InChI=1S/C21H24ClN3O/c1-3-15(4-2)21(26)23-13-20-24-18-11-7-8-12-19(18)25(20)14-16-9-5-6-10-17(16)22/h5-12,15H,3-4,13-14H2,1-2H3,(H,23,26). The van der Waals surface area contributed by atoms with Crippen molar-refractivity contribution < 1.29 is 4.79 Å². The fourth-order valence-corrected chi connectivity index (χ4v) is 3.40. The normalized spacial score (nSPS) is 11.2. The van der Waals surface area contributed by atoms with Gasteiger partial charge in [-0.05, 0) is 36.6 Å². The maximum absolute atomic E-state index is 12.3. The van der Waals surface area contributed by atoms with Gasteiger partial charge in [0.05, 0.1) is 24.1 Å². The lowest BCUT2D eigenvalue weighted by Crippen LogP contribution is -2.30. The summed E-state index contributed by atoms with van der Waals surface area (Å²) < 4.78 is 2.13. The molecular weight excluding hydrogens is 346 g/mol. The molecule has 1 heterocycles. The Bertz CT molecular complexity index is 899. The highest BCUT2D eigenvalue weighted by Gasteiger charge is 2.16. The van der Waals surface area contributed by atoms with Gasteiger partial charge >= 0.3 is 0 Å². The van der Waals surface area contributed by atoms with E-state index >= 15 is 0 Å². The number of aromatic nitrogens is 2. The van der Waals surface area contributed by atoms with E-state index in [4.69, 9.17) is 16.6 Å². The summed E-state index contributed by atoms with van der Waals surface area (Å²) in [6, 6.07) is 15.8. The maximum atomic E-state index is 12.3. The number of imidazole rings is 1. The monoisotopic (exact) mass is 369 g/mol. The Hall–Kier alpha value is -2.33. The molecule has 0 saturated heterocycles. The third kappa shape index (κ3) is 3.91. The quantitative estimate of drug-likeness (QED) is 0.650. The van der Waals surface area contributed by atoms with Crippen molar-refractivity contribution in [3.05, 3.63) is 64.9 Å². The Morgan fingerprint density at radius 3 is 2.54 bits per heavy atom. The minimum atomic E-state index is 0.0522. The average Bonchev–Trinajstić information content (AvgIpc) is 3.00. The zero-order valence-electron chi connectivity index (χ0n) is 15.2. The summed E-state index contributed by atoms with van der Waals surface area (Å²) in [5, 5.41) is 3.78. The summed E-state index contributed by atoms with van der Waals surface area (Å²) in [5.41, 5.74) is 3.00. The minimum absolute atomic E-state index is 0.0522. The molecule has 1 amide bonds. The van der Waals surface area contributed by atoms with Crippen LogP contribution in [0, 0.1) is 5.92 Å². The second-order valence-corrected chi connectivity index (χ2v) is 6.83. The molecule has 0 bridgehead atoms. The molecule has 26 heavy (non-hydrogen) atoms. The Labute approximate surface area is 159 Å². The second kappa shape index (κ2) is 8.37. The second-order valence-electron chi connectivity index (χ2n) is 6.43. The molecule has 0 aliphatic heterocycles. The van der Waals surface area contributed by atoms with Gasteiger partial charge in [0.2, 0.25) is 5.91 Å². The van der Waals surface area contributed by atoms with Crippen LogP contribution in [-0.4, -0.2) is 15.5 Å². The first-order chi connectivity index (χ1) is 12.6. The number of rotatable bonds is 7. The first-order valence-electron chi connectivity index (χ1n) is 9.09. The number of benzene rings is 2. The smallest absolute Gasteiger partial charge is 0.223 e. The van der Waals surface area contributed by atoms with Gasteiger partial charge in [-0.3, -0.25) is 4.79 Å². The molecule has 1 aromatic heterocycles. The van der Waals surface area contributed by atoms with Gasteiger partial charge in [-0.25, -0.2) is 4.98 Å². The first-order valence-corrected chi connectivity index (χ1v) is 9.47. The lowest BCUT2D eigenvalue weighted by Gasteiger charge is -2.14. The molecule has 0 unspecified atom stereocenters. The van der Waals surface area contributed by atoms with Crippen LogP contribution in [0.5, 0.6) is 0 Å². The summed E-state index contributed by atoms with van der Waals surface area (Å²) in [6.45, 7) is 5.12. The molecule has 136 valence electrons. The number of carbonyl (C=O) groups is 1. The molecule has 0 spiro atoms. The lowest BCUT2D eigenvalue weighted by molar-refractivity contribution is -0.125. The first kappa shape index (κ1) is 18.5. The van der Waals surface area contributed by atoms with Crippen LogP contribution >= 0.6 is 11.6 Å². The topological polar surface area (TPSA) is 46.9 Å². The summed E-state index contributed by atoms with van der Waals surface area (Å²) >= 11 is 6.35. The molecule has 1 N–H and O–H groups in total. The third-order valence-corrected chi connectivity index (χ3v) is 5.17. The van der Waals surface area contributed by atoms with Gasteiger partial charge in [0.25, 0.3) is 0 Å². The van der Waals surface area contributed by atoms with Crippen LogP contribution in [-0.2, 0) is 17.9 Å². The van der Waals surface area contributed by atoms with Gasteiger partial charge in [-0.15, -0.1) is 0 Å². The molecule has 5 heteroatoms. The summed E-state index contributed by atoms with van der Waals surface area (Å²) in [6.07, 6.45) is 1.69. The van der Waals surface area contributed by atoms with E-state index in [2.05, 4.69) is 9.88 Å². The van der Waals surface area contributed by atoms with Crippen LogP contribution in [0.25, 0.3) is 11.0 Å². The predicted octanol–water partition coefficient (Wildman–Crippen LogP) is 4.79. The van der Waals surface area contributed by atoms with Gasteiger partial charge < -0.3 is 9.88 Å². The zero-order valence-corrected chi connectivity index (χ0v) is 16.0. The van der Waals surface area contributed by atoms with Gasteiger partial charge in [0.15, 0.2) is 0 Å². The third-order valence-electron chi connectivity index (χ3n) is 4.80. The summed E-state index contributed by atoms with van der Waals surface area (Å²) in [4.78, 5) is 17.1. The number of nitrogens with zero attached hydrogens (tertiary/aromatic N) is 2. The van der Waals surface area contributed by atoms with Crippen molar-refractivity contribution in [2.75, 3.05) is 0 Å². The average molecular weight is 370 g/mol. The van der Waals surface area contributed by atoms with Gasteiger partial charge in [0, 0.05) is 10.9 Å². The molecule has 4 nitrogen and oxygen atoms in total. The number of hydrogen-bond donors (Lipinski definition) is 1. The molecule has 0 fully saturated rings. The Kier molecular flexibility index (Phi) is 5.94. The van der Waals surface area contributed by atoms with E-state index < -0.39 is 0 Å². The van der Waals surface area contributed by atoms with E-state index in [1.165, 1.54) is 0 Å². The van der Waals surface area contributed by atoms with E-state index in [-0.39, 0.29) is 11.8 Å². The number of para-hydroxylation sites is 2. The number of fused-ring (bicyclic) bond motifs is 1. The van der Waals surface area contributed by atoms with E-state index in [1.807, 2.05) is 62.4 Å². The highest BCUT2D eigenvalue weighted by molar-refractivity contribution is 6.31. The van der Waals surface area contributed by atoms with E-state index in [9.17, 15) is 4.79 Å². The van der Waals surface area contributed by atoms with Crippen molar-refractivity contribution in [2.45, 2.75) is 39.8 Å². The van der Waals surface area contributed by atoms with Crippen LogP contribution in [0.1, 0.15) is 38.1 Å². The Morgan fingerprint density at radius 2 is 1.81 bits per heavy atom. The maximum Gasteiger partial charge on any atom is 0.223 e. The molecule has 0 atom stereocenters. The highest BCUT2D eigenvalue weighted by Crippen LogP contribution is 2.22. The van der Waals surface area contributed by atoms with Crippen LogP contribution in [0.15, 0.2) is 48.5 Å². The molecule has 2 aromatic carbocycles. The van der Waals surface area contributed by atoms with Crippen molar-refractivity contribution >= 4 is 28.5 Å². The van der Waals surface area contributed by atoms with Crippen molar-refractivity contribution in [3.63, 3.8) is 0 Å². The van der Waals surface area contributed by atoms with E-state index in [0.717, 1.165) is 40.3 Å². The molecule has 0 saturated carbocycles. The molecule has 0 aliphatic rings. The number of carbonyl (C=O) groups excluding carboxylic acids is 1. The zero-order chi connectivity index (χ0) is 18.5. The van der Waals surface area contributed by atoms with Crippen LogP contribution in [0.3, 0.4) is 0 Å². The van der Waals surface area contributed by atoms with E-state index in [1.54, 1.807) is 0 Å². The van der Waals surface area contributed by atoms with Gasteiger partial charge in [-0.2, -0.15) is 0 Å². The van der Waals surface area contributed by atoms with Crippen molar-refractivity contribution in [3.8, 4) is 0 Å². The number of nitrogens with one attached hydrogen (secondary N) is 1. The molecule has 0 radical (unpaired) electrons.